The Hall–Kier alpha value is -2.85. The third kappa shape index (κ3) is 3.17. The first kappa shape index (κ1) is 17.6. The van der Waals surface area contributed by atoms with E-state index in [9.17, 15) is 9.59 Å². The Labute approximate surface area is 162 Å². The zero-order valence-electron chi connectivity index (χ0n) is 14.9. The lowest BCUT2D eigenvalue weighted by molar-refractivity contribution is -0.117. The first-order valence-electron chi connectivity index (χ1n) is 8.91. The second-order valence-electron chi connectivity index (χ2n) is 6.75. The predicted octanol–water partition coefficient (Wildman–Crippen LogP) is 4.81. The quantitative estimate of drug-likeness (QED) is 0.662. The summed E-state index contributed by atoms with van der Waals surface area (Å²) in [5.41, 5.74) is 3.72. The fraction of sp³-hybridized carbons (Fsp3) is 0.182. The SMILES string of the molecule is Cc1cccc(Cl)c1NC(=O)[C@@H]1CCn2c(C(=O)c3ccccc3)ccc21. The standard InChI is InChI=1S/C22H19ClN2O2/c1-14-6-5-9-17(23)20(14)24-22(27)16-12-13-25-18(16)10-11-19(25)21(26)15-7-3-2-4-8-15/h2-11,16H,12-13H2,1H3,(H,24,27)/t16-/m1/s1. The van der Waals surface area contributed by atoms with Crippen LogP contribution in [0.25, 0.3) is 0 Å². The average Bonchev–Trinajstić information content (AvgIpc) is 3.27. The van der Waals surface area contributed by atoms with Gasteiger partial charge in [0.25, 0.3) is 0 Å². The third-order valence-electron chi connectivity index (χ3n) is 5.07. The summed E-state index contributed by atoms with van der Waals surface area (Å²) < 4.78 is 1.96. The number of amides is 1. The fourth-order valence-electron chi connectivity index (χ4n) is 3.64. The molecule has 0 radical (unpaired) electrons. The van der Waals surface area contributed by atoms with Crippen LogP contribution in [0.2, 0.25) is 5.02 Å². The van der Waals surface area contributed by atoms with Gasteiger partial charge in [-0.1, -0.05) is 54.1 Å². The minimum Gasteiger partial charge on any atom is -0.341 e. The Bertz CT molecular complexity index is 1000. The molecule has 4 nitrogen and oxygen atoms in total. The monoisotopic (exact) mass is 378 g/mol. The van der Waals surface area contributed by atoms with Crippen molar-refractivity contribution in [2.45, 2.75) is 25.8 Å². The van der Waals surface area contributed by atoms with Crippen LogP contribution in [-0.2, 0) is 11.3 Å². The molecule has 136 valence electrons. The molecule has 1 atom stereocenters. The summed E-state index contributed by atoms with van der Waals surface area (Å²) in [7, 11) is 0. The van der Waals surface area contributed by atoms with Crippen LogP contribution in [0.3, 0.4) is 0 Å². The molecule has 4 rings (SSSR count). The molecule has 1 aliphatic heterocycles. The maximum atomic E-state index is 12.9. The van der Waals surface area contributed by atoms with E-state index in [1.807, 2.05) is 66.1 Å². The molecule has 0 bridgehead atoms. The fourth-order valence-corrected chi connectivity index (χ4v) is 3.91. The first-order valence-corrected chi connectivity index (χ1v) is 9.29. The van der Waals surface area contributed by atoms with Gasteiger partial charge in [0.1, 0.15) is 0 Å². The summed E-state index contributed by atoms with van der Waals surface area (Å²) >= 11 is 6.23. The molecule has 0 unspecified atom stereocenters. The smallest absolute Gasteiger partial charge is 0.233 e. The van der Waals surface area contributed by atoms with Crippen LogP contribution >= 0.6 is 11.6 Å². The van der Waals surface area contributed by atoms with E-state index in [0.29, 0.717) is 34.9 Å². The molecule has 5 heteroatoms. The van der Waals surface area contributed by atoms with Crippen molar-refractivity contribution < 1.29 is 9.59 Å². The maximum absolute atomic E-state index is 12.9. The number of benzene rings is 2. The van der Waals surface area contributed by atoms with Crippen molar-refractivity contribution in [3.05, 3.63) is 88.2 Å². The Balaban J connectivity index is 1.59. The van der Waals surface area contributed by atoms with Crippen LogP contribution in [-0.4, -0.2) is 16.3 Å². The number of nitrogens with zero attached hydrogens (tertiary/aromatic N) is 1. The molecule has 0 saturated carbocycles. The van der Waals surface area contributed by atoms with Crippen molar-refractivity contribution in [3.63, 3.8) is 0 Å². The van der Waals surface area contributed by atoms with Crippen molar-refractivity contribution in [2.75, 3.05) is 5.32 Å². The lowest BCUT2D eigenvalue weighted by atomic mass is 10.0. The van der Waals surface area contributed by atoms with Crippen molar-refractivity contribution in [1.82, 2.24) is 4.57 Å². The molecule has 1 amide bonds. The van der Waals surface area contributed by atoms with Crippen molar-refractivity contribution in [3.8, 4) is 0 Å². The number of aromatic nitrogens is 1. The van der Waals surface area contributed by atoms with Gasteiger partial charge in [-0.2, -0.15) is 0 Å². The number of halogens is 1. The van der Waals surface area contributed by atoms with Crippen LogP contribution in [0.4, 0.5) is 5.69 Å². The average molecular weight is 379 g/mol. The zero-order valence-corrected chi connectivity index (χ0v) is 15.7. The highest BCUT2D eigenvalue weighted by Gasteiger charge is 2.32. The summed E-state index contributed by atoms with van der Waals surface area (Å²) in [5.74, 6) is -0.412. The molecule has 3 aromatic rings. The molecular formula is C22H19ClN2O2. The van der Waals surface area contributed by atoms with Crippen molar-refractivity contribution >= 4 is 29.0 Å². The number of para-hydroxylation sites is 1. The zero-order chi connectivity index (χ0) is 19.0. The van der Waals surface area contributed by atoms with E-state index >= 15 is 0 Å². The largest absolute Gasteiger partial charge is 0.341 e. The Morgan fingerprint density at radius 2 is 1.81 bits per heavy atom. The minimum absolute atomic E-state index is 0.0233. The second-order valence-corrected chi connectivity index (χ2v) is 7.16. The van der Waals surface area contributed by atoms with E-state index < -0.39 is 0 Å². The molecule has 0 aliphatic carbocycles. The number of carbonyl (C=O) groups is 2. The summed E-state index contributed by atoms with van der Waals surface area (Å²) in [5, 5.41) is 3.49. The number of fused-ring (bicyclic) bond motifs is 1. The van der Waals surface area contributed by atoms with Gasteiger partial charge in [0.15, 0.2) is 0 Å². The molecule has 1 aliphatic rings. The highest BCUT2D eigenvalue weighted by molar-refractivity contribution is 6.34. The Morgan fingerprint density at radius 1 is 1.04 bits per heavy atom. The summed E-state index contributed by atoms with van der Waals surface area (Å²) in [6, 6.07) is 18.4. The summed E-state index contributed by atoms with van der Waals surface area (Å²) in [6.45, 7) is 2.56. The van der Waals surface area contributed by atoms with Crippen LogP contribution in [0.5, 0.6) is 0 Å². The molecular weight excluding hydrogens is 360 g/mol. The van der Waals surface area contributed by atoms with Gasteiger partial charge >= 0.3 is 0 Å². The summed E-state index contributed by atoms with van der Waals surface area (Å²) in [6.07, 6.45) is 0.667. The van der Waals surface area contributed by atoms with Crippen molar-refractivity contribution in [1.29, 1.82) is 0 Å². The number of hydrogen-bond acceptors (Lipinski definition) is 2. The highest BCUT2D eigenvalue weighted by atomic mass is 35.5. The number of carbonyl (C=O) groups excluding carboxylic acids is 2. The van der Waals surface area contributed by atoms with Gasteiger partial charge in [-0.05, 0) is 37.1 Å². The summed E-state index contributed by atoms with van der Waals surface area (Å²) in [4.78, 5) is 25.6. The second kappa shape index (κ2) is 7.05. The highest BCUT2D eigenvalue weighted by Crippen LogP contribution is 2.34. The van der Waals surface area contributed by atoms with Gasteiger partial charge < -0.3 is 9.88 Å². The van der Waals surface area contributed by atoms with E-state index in [1.165, 1.54) is 0 Å². The molecule has 0 fully saturated rings. The maximum Gasteiger partial charge on any atom is 0.233 e. The van der Waals surface area contributed by atoms with Gasteiger partial charge in [-0.15, -0.1) is 0 Å². The number of nitrogens with one attached hydrogen (secondary N) is 1. The van der Waals surface area contributed by atoms with Gasteiger partial charge in [0.05, 0.1) is 22.3 Å². The molecule has 1 N–H and O–H groups in total. The normalized spacial score (nSPS) is 15.4. The molecule has 2 aromatic carbocycles. The van der Waals surface area contributed by atoms with E-state index in [0.717, 1.165) is 11.3 Å². The van der Waals surface area contributed by atoms with E-state index in [2.05, 4.69) is 5.32 Å². The van der Waals surface area contributed by atoms with Crippen LogP contribution in [0.1, 0.15) is 39.6 Å². The molecule has 0 spiro atoms. The molecule has 0 saturated heterocycles. The number of hydrogen-bond donors (Lipinski definition) is 1. The van der Waals surface area contributed by atoms with Crippen LogP contribution in [0, 0.1) is 6.92 Å². The topological polar surface area (TPSA) is 51.1 Å². The van der Waals surface area contributed by atoms with Crippen LogP contribution < -0.4 is 5.32 Å². The van der Waals surface area contributed by atoms with Crippen molar-refractivity contribution in [2.24, 2.45) is 0 Å². The molecule has 27 heavy (non-hydrogen) atoms. The number of aryl methyl sites for hydroxylation is 1. The predicted molar refractivity (Wildman–Crippen MR) is 106 cm³/mol. The Morgan fingerprint density at radius 3 is 2.56 bits per heavy atom. The van der Waals surface area contributed by atoms with Gasteiger partial charge in [-0.3, -0.25) is 9.59 Å². The third-order valence-corrected chi connectivity index (χ3v) is 5.38. The number of rotatable bonds is 4. The van der Waals surface area contributed by atoms with Gasteiger partial charge in [-0.25, -0.2) is 0 Å². The lowest BCUT2D eigenvalue weighted by Gasteiger charge is -2.14. The van der Waals surface area contributed by atoms with E-state index in [-0.39, 0.29) is 17.6 Å². The molecule has 1 aromatic heterocycles. The number of ketones is 1. The van der Waals surface area contributed by atoms with E-state index in [1.54, 1.807) is 6.07 Å². The number of anilines is 1. The minimum atomic E-state index is -0.294. The Kier molecular flexibility index (Phi) is 4.58. The van der Waals surface area contributed by atoms with Gasteiger partial charge in [0.2, 0.25) is 11.7 Å². The molecule has 2 heterocycles. The van der Waals surface area contributed by atoms with Gasteiger partial charge in [0, 0.05) is 17.8 Å². The van der Waals surface area contributed by atoms with E-state index in [4.69, 9.17) is 11.6 Å². The van der Waals surface area contributed by atoms with Crippen LogP contribution in [0.15, 0.2) is 60.7 Å². The first-order chi connectivity index (χ1) is 13.1. The lowest BCUT2D eigenvalue weighted by Crippen LogP contribution is -2.20.